The minimum Gasteiger partial charge on any atom is -0.394 e. The summed E-state index contributed by atoms with van der Waals surface area (Å²) >= 11 is 2.42. The Labute approximate surface area is 714 Å². The number of aliphatic hydroxyl groups excluding tert-OH is 3. The summed E-state index contributed by atoms with van der Waals surface area (Å²) in [6, 6.07) is -6.21. The largest absolute Gasteiger partial charge is 0.394 e. The molecule has 20 atom stereocenters. The number of carbonyl (C=O) groups excluding carboxylic acids is 15. The van der Waals surface area contributed by atoms with Crippen molar-refractivity contribution in [3.63, 3.8) is 0 Å². The molecule has 0 radical (unpaired) electrons. The van der Waals surface area contributed by atoms with Gasteiger partial charge < -0.3 is 106 Å². The number of rotatable bonds is 46. The zero-order chi connectivity index (χ0) is 89.5. The average Bonchev–Trinajstić information content (AvgIpc) is 1.63. The van der Waals surface area contributed by atoms with Gasteiger partial charge >= 0.3 is 0 Å². The Hall–Kier alpha value is -9.28. The van der Waals surface area contributed by atoms with E-state index in [0.717, 1.165) is 31.0 Å². The minimum absolute atomic E-state index is 0.0316. The maximum absolute atomic E-state index is 15.6. The summed E-state index contributed by atoms with van der Waals surface area (Å²) in [6.45, 7) is 12.8. The van der Waals surface area contributed by atoms with E-state index in [4.69, 9.17) is 17.2 Å². The number of imidazole rings is 1. The summed E-state index contributed by atoms with van der Waals surface area (Å²) < 4.78 is 0. The number of para-hydroxylation sites is 1. The average molecular weight is 1730 g/mol. The Bertz CT molecular complexity index is 4120. The molecule has 121 heavy (non-hydrogen) atoms. The van der Waals surface area contributed by atoms with Gasteiger partial charge in [-0.1, -0.05) is 66.7 Å². The van der Waals surface area contributed by atoms with E-state index in [1.54, 1.807) is 58.4 Å². The molecule has 0 bridgehead atoms. The fourth-order valence-corrected chi connectivity index (χ4v) is 19.6. The van der Waals surface area contributed by atoms with Gasteiger partial charge in [0.05, 0.1) is 50.7 Å². The molecular weight excluding hydrogens is 1600 g/mol. The van der Waals surface area contributed by atoms with E-state index in [1.165, 1.54) is 43.0 Å². The maximum Gasteiger partial charge on any atom is 0.249 e. The van der Waals surface area contributed by atoms with Crippen molar-refractivity contribution in [2.45, 2.75) is 231 Å². The highest BCUT2D eigenvalue weighted by Gasteiger charge is 2.66. The number of nitrogens with one attached hydrogen (secondary N) is 13. The molecule has 15 amide bonds. The normalized spacial score (nSPS) is 23.6. The van der Waals surface area contributed by atoms with Gasteiger partial charge in [-0.3, -0.25) is 76.8 Å². The third kappa shape index (κ3) is 27.1. The first-order chi connectivity index (χ1) is 57.1. The standard InChI is InChI=1S/C82H129N19O18S2/c1-42(2)27-57(76(115)95-56(72(85)111)24-26-120-12)96-77(116)59(31-50-34-86-40-90-50)93-66(107)35-88-80(119)71(43(3)4)99-73(112)45(6)92-75(114)58(28-47-33-87-55-16-14-13-15-51(47)55)97-79(118)62(20-21-65(84)106)101(69(110)36-89-74(113)61(39-121-41-91-46(7)103)98-78(117)60(38-102)94-67(108)37-100(10)11)68(109)22-17-44(5)52-18-19-53-70-54(32-64(105)82(52,53)9)81(8)25-23-49(83)29-48(81)30-63(70)104/h13-16,33-34,40,42-45,48-49,52-54,56-64,70-71,87,102,104-105H,17-32,35-39,41,83H2,1-12H3,(H2,84,106)(H2,85,111)(H,86,90)(H,88,119)(H,89,113)(H,91,103)(H,92,114)(H,93,107)(H,94,108)(H,95,115)(H,96,116)(H,97,118)(H,98,117)(H,99,112)/t44-,45+,48+,49+,52-,53+,54+,56+,57+,58+,59+,60+,61+,62+,63-,64+,70+,71+,81+,82-/m1/s1. The molecule has 4 saturated carbocycles. The predicted octanol–water partition coefficient (Wildman–Crippen LogP) is -1.54. The molecule has 4 aliphatic carbocycles. The summed E-state index contributed by atoms with van der Waals surface area (Å²) in [5.41, 5.74) is 18.5. The third-order valence-corrected chi connectivity index (χ3v) is 26.2. The molecule has 0 aliphatic heterocycles. The van der Waals surface area contributed by atoms with Gasteiger partial charge in [-0.2, -0.15) is 11.8 Å². The second-order valence-corrected chi connectivity index (χ2v) is 36.5. The van der Waals surface area contributed by atoms with Gasteiger partial charge in [-0.25, -0.2) is 4.98 Å². The number of aromatic amines is 2. The van der Waals surface area contributed by atoms with Crippen LogP contribution in [0.25, 0.3) is 10.9 Å². The van der Waals surface area contributed by atoms with Gasteiger partial charge in [-0.15, -0.1) is 11.8 Å². The van der Waals surface area contributed by atoms with Gasteiger partial charge in [-0.05, 0) is 173 Å². The van der Waals surface area contributed by atoms with E-state index in [2.05, 4.69) is 87.3 Å². The van der Waals surface area contributed by atoms with Crippen LogP contribution in [0.3, 0.4) is 0 Å². The van der Waals surface area contributed by atoms with Gasteiger partial charge in [0.1, 0.15) is 54.4 Å². The van der Waals surface area contributed by atoms with Gasteiger partial charge in [0.15, 0.2) is 0 Å². The van der Waals surface area contributed by atoms with E-state index in [0.29, 0.717) is 58.5 Å². The number of likely N-dealkylation sites (N-methyl/N-ethyl adjacent to an activating group) is 1. The molecule has 1 aromatic carbocycles. The fourth-order valence-electron chi connectivity index (χ4n) is 18.2. The number of aliphatic hydroxyl groups is 3. The van der Waals surface area contributed by atoms with Crippen LogP contribution in [-0.4, -0.2) is 265 Å². The summed E-state index contributed by atoms with van der Waals surface area (Å²) in [5, 5.41) is 63.7. The molecule has 0 spiro atoms. The maximum atomic E-state index is 15.6. The van der Waals surface area contributed by atoms with Crippen LogP contribution in [0.1, 0.15) is 157 Å². The molecular formula is C82H129N19O18S2. The number of hydrogen-bond acceptors (Lipinski definition) is 23. The summed E-state index contributed by atoms with van der Waals surface area (Å²) in [5.74, 6) is -14.5. The molecule has 39 heteroatoms. The lowest BCUT2D eigenvalue weighted by atomic mass is 9.43. The van der Waals surface area contributed by atoms with Crippen LogP contribution in [0.15, 0.2) is 43.0 Å². The molecule has 7 rings (SSSR count). The lowest BCUT2D eigenvalue weighted by molar-refractivity contribution is -0.202. The van der Waals surface area contributed by atoms with Crippen LogP contribution in [0.4, 0.5) is 0 Å². The smallest absolute Gasteiger partial charge is 0.249 e. The van der Waals surface area contributed by atoms with Crippen LogP contribution < -0.4 is 75.7 Å². The third-order valence-electron chi connectivity index (χ3n) is 24.7. The van der Waals surface area contributed by atoms with Crippen molar-refractivity contribution in [2.75, 3.05) is 64.0 Å². The van der Waals surface area contributed by atoms with E-state index in [1.807, 2.05) is 27.0 Å². The van der Waals surface area contributed by atoms with Gasteiger partial charge in [0.2, 0.25) is 88.6 Å². The Morgan fingerprint density at radius 3 is 1.94 bits per heavy atom. The van der Waals surface area contributed by atoms with Gasteiger partial charge in [0.25, 0.3) is 0 Å². The van der Waals surface area contributed by atoms with Crippen molar-refractivity contribution in [1.29, 1.82) is 0 Å². The van der Waals surface area contributed by atoms with Crippen molar-refractivity contribution in [1.82, 2.24) is 83.2 Å². The van der Waals surface area contributed by atoms with Gasteiger partial charge in [0, 0.05) is 73.4 Å². The monoisotopic (exact) mass is 1730 g/mol. The highest BCUT2D eigenvalue weighted by molar-refractivity contribution is 7.99. The van der Waals surface area contributed by atoms with Crippen molar-refractivity contribution in [3.05, 3.63) is 54.2 Å². The Kier molecular flexibility index (Phi) is 37.4. The highest BCUT2D eigenvalue weighted by atomic mass is 32.2. The lowest BCUT2D eigenvalue weighted by Gasteiger charge is -2.63. The second-order valence-electron chi connectivity index (χ2n) is 34.5. The number of imide groups is 1. The van der Waals surface area contributed by atoms with E-state index < -0.39 is 205 Å². The molecule has 0 saturated heterocycles. The van der Waals surface area contributed by atoms with Crippen molar-refractivity contribution in [3.8, 4) is 0 Å². The minimum atomic E-state index is -1.98. The fraction of sp³-hybridized carbons (Fsp3) is 0.683. The lowest BCUT2D eigenvalue weighted by Crippen LogP contribution is -2.62. The quantitative estimate of drug-likeness (QED) is 0.0225. The first kappa shape index (κ1) is 98.8. The number of fused-ring (bicyclic) bond motifs is 6. The first-order valence-corrected chi connectivity index (χ1v) is 44.3. The molecule has 3 aromatic rings. The van der Waals surface area contributed by atoms with Crippen molar-refractivity contribution < 1.29 is 87.2 Å². The Morgan fingerprint density at radius 2 is 1.30 bits per heavy atom. The molecule has 37 nitrogen and oxygen atoms in total. The zero-order valence-corrected chi connectivity index (χ0v) is 73.1. The van der Waals surface area contributed by atoms with Crippen LogP contribution in [-0.2, 0) is 84.8 Å². The zero-order valence-electron chi connectivity index (χ0n) is 71.5. The molecule has 2 aromatic heterocycles. The van der Waals surface area contributed by atoms with Crippen LogP contribution in [0.2, 0.25) is 0 Å². The molecule has 22 N–H and O–H groups in total. The van der Waals surface area contributed by atoms with Crippen molar-refractivity contribution >= 4 is 123 Å². The number of nitrogens with two attached hydrogens (primary N) is 3. The number of primary amides is 2. The van der Waals surface area contributed by atoms with Crippen LogP contribution in [0, 0.1) is 58.2 Å². The van der Waals surface area contributed by atoms with E-state index in [-0.39, 0.29) is 103 Å². The Morgan fingerprint density at radius 1 is 0.653 bits per heavy atom. The van der Waals surface area contributed by atoms with Crippen LogP contribution in [0.5, 0.6) is 0 Å². The number of H-pyrrole nitrogens is 2. The van der Waals surface area contributed by atoms with E-state index in [9.17, 15) is 68.1 Å². The molecule has 672 valence electrons. The number of amides is 15. The van der Waals surface area contributed by atoms with E-state index >= 15 is 19.2 Å². The topological polar surface area (TPSA) is 578 Å². The number of benzene rings is 1. The SMILES string of the molecule is CSCC[C@H](NC(=O)[C@H](CC(C)C)NC(=O)[C@H](Cc1cnc[nH]1)NC(=O)CNC(=O)[C@@H](NC(=O)[C@H](C)NC(=O)[C@H](Cc1c[nH]c2ccccc12)NC(=O)[C@H](CCC(N)=O)N(C(=O)CC[C@@H](C)[C@H]1CC[C@H]2[C@@H]3[C@H](O)C[C@@H]4C[C@@H](N)CC[C@]4(C)[C@H]3C[C@H](O)[C@]12C)C(=O)CNC(=O)[C@H](CSCNC(C)=O)NC(=O)[C@H](CO)NC(=O)CN(C)C)C(C)C)C(N)=O. The Balaban J connectivity index is 1.14. The first-order valence-electron chi connectivity index (χ1n) is 41.7. The summed E-state index contributed by atoms with van der Waals surface area (Å²) in [4.78, 5) is 222. The molecule has 2 heterocycles. The molecule has 4 aliphatic rings. The van der Waals surface area contributed by atoms with Crippen LogP contribution >= 0.6 is 23.5 Å². The number of aromatic nitrogens is 3. The number of thioether (sulfide) groups is 2. The highest BCUT2D eigenvalue weighted by Crippen LogP contribution is 2.68. The summed E-state index contributed by atoms with van der Waals surface area (Å²) in [6.07, 6.45) is 7.94. The number of nitrogens with zero attached hydrogens (tertiary/aromatic N) is 3. The molecule has 0 unspecified atom stereocenters. The molecule has 4 fully saturated rings. The number of hydrogen-bond donors (Lipinski definition) is 19. The second kappa shape index (κ2) is 45.7. The van der Waals surface area contributed by atoms with Crippen molar-refractivity contribution in [2.24, 2.45) is 75.4 Å². The predicted molar refractivity (Wildman–Crippen MR) is 453 cm³/mol. The number of carbonyl (C=O) groups is 15. The summed E-state index contributed by atoms with van der Waals surface area (Å²) in [7, 11) is 3.20.